The van der Waals surface area contributed by atoms with Crippen LogP contribution in [0.2, 0.25) is 0 Å². The standard InChI is InChI=1S/C10H14N4/c1-7(2)8-4-3-5-9(6-8)10-11-13-14-12-10/h3-7,13-14H,1-2H3,(H,11,12). The number of hydrogen-bond acceptors (Lipinski definition) is 4. The molecular weight excluding hydrogens is 176 g/mol. The highest BCUT2D eigenvalue weighted by atomic mass is 15.8. The molecule has 0 saturated carbocycles. The molecule has 1 aliphatic rings. The number of nitrogens with zero attached hydrogens (tertiary/aromatic N) is 1. The molecule has 1 aromatic carbocycles. The maximum absolute atomic E-state index is 4.05. The van der Waals surface area contributed by atoms with Crippen LogP contribution >= 0.6 is 0 Å². The SMILES string of the molecule is CC(C)c1cccc(C2=NNNN2)c1. The van der Waals surface area contributed by atoms with E-state index in [1.165, 1.54) is 5.56 Å². The van der Waals surface area contributed by atoms with Crippen LogP contribution in [0, 0.1) is 0 Å². The average Bonchev–Trinajstić information content (AvgIpc) is 2.71. The number of hydrazine groups is 2. The lowest BCUT2D eigenvalue weighted by Gasteiger charge is -2.07. The molecule has 1 aliphatic heterocycles. The Morgan fingerprint density at radius 3 is 2.79 bits per heavy atom. The van der Waals surface area contributed by atoms with Gasteiger partial charge in [0.25, 0.3) is 0 Å². The third-order valence-corrected chi connectivity index (χ3v) is 2.23. The Morgan fingerprint density at radius 1 is 1.29 bits per heavy atom. The zero-order valence-electron chi connectivity index (χ0n) is 8.33. The molecule has 0 unspecified atom stereocenters. The summed E-state index contributed by atoms with van der Waals surface area (Å²) in [5.74, 6) is 1.37. The van der Waals surface area contributed by atoms with Gasteiger partial charge in [0, 0.05) is 5.56 Å². The molecule has 0 spiro atoms. The summed E-state index contributed by atoms with van der Waals surface area (Å²) in [5.41, 5.74) is 10.7. The van der Waals surface area contributed by atoms with Gasteiger partial charge in [0.15, 0.2) is 5.84 Å². The van der Waals surface area contributed by atoms with Crippen LogP contribution in [-0.4, -0.2) is 5.84 Å². The monoisotopic (exact) mass is 190 g/mol. The summed E-state index contributed by atoms with van der Waals surface area (Å²) in [7, 11) is 0. The summed E-state index contributed by atoms with van der Waals surface area (Å²) in [5, 5.41) is 4.05. The van der Waals surface area contributed by atoms with Crippen molar-refractivity contribution >= 4 is 5.84 Å². The Hall–Kier alpha value is -1.55. The van der Waals surface area contributed by atoms with Gasteiger partial charge in [-0.1, -0.05) is 32.0 Å². The highest BCUT2D eigenvalue weighted by Gasteiger charge is 2.08. The maximum atomic E-state index is 4.05. The lowest BCUT2D eigenvalue weighted by Crippen LogP contribution is -2.35. The average molecular weight is 190 g/mol. The summed E-state index contributed by atoms with van der Waals surface area (Å²) in [6.07, 6.45) is 0. The fraction of sp³-hybridized carbons (Fsp3) is 0.300. The van der Waals surface area contributed by atoms with Gasteiger partial charge < -0.3 is 0 Å². The minimum absolute atomic E-state index is 0.540. The lowest BCUT2D eigenvalue weighted by atomic mass is 10.0. The van der Waals surface area contributed by atoms with Crippen molar-refractivity contribution in [2.75, 3.05) is 0 Å². The summed E-state index contributed by atoms with van der Waals surface area (Å²) < 4.78 is 0. The Labute approximate surface area is 83.3 Å². The van der Waals surface area contributed by atoms with Gasteiger partial charge in [-0.2, -0.15) is 0 Å². The zero-order valence-corrected chi connectivity index (χ0v) is 8.33. The third-order valence-electron chi connectivity index (χ3n) is 2.23. The van der Waals surface area contributed by atoms with Gasteiger partial charge in [0.1, 0.15) is 0 Å². The number of amidine groups is 1. The molecular formula is C10H14N4. The predicted octanol–water partition coefficient (Wildman–Crippen LogP) is 1.08. The van der Waals surface area contributed by atoms with E-state index in [0.717, 1.165) is 11.4 Å². The fourth-order valence-electron chi connectivity index (χ4n) is 1.38. The van der Waals surface area contributed by atoms with Gasteiger partial charge in [-0.25, -0.2) is 5.53 Å². The third kappa shape index (κ3) is 1.70. The first kappa shape index (κ1) is 9.02. The Balaban J connectivity index is 2.30. The molecule has 0 bridgehead atoms. The minimum Gasteiger partial charge on any atom is -0.285 e. The van der Waals surface area contributed by atoms with Crippen LogP contribution < -0.4 is 16.5 Å². The lowest BCUT2D eigenvalue weighted by molar-refractivity contribution is 0.577. The number of benzene rings is 1. The summed E-state index contributed by atoms with van der Waals surface area (Å²) >= 11 is 0. The second-order valence-corrected chi connectivity index (χ2v) is 3.60. The molecule has 0 amide bonds. The van der Waals surface area contributed by atoms with E-state index < -0.39 is 0 Å². The van der Waals surface area contributed by atoms with E-state index in [9.17, 15) is 0 Å². The summed E-state index contributed by atoms with van der Waals surface area (Å²) in [6.45, 7) is 4.36. The minimum atomic E-state index is 0.540. The van der Waals surface area contributed by atoms with Gasteiger partial charge in [0.05, 0.1) is 0 Å². The van der Waals surface area contributed by atoms with Crippen molar-refractivity contribution in [3.05, 3.63) is 35.4 Å². The number of nitrogens with one attached hydrogen (secondary N) is 3. The van der Waals surface area contributed by atoms with Crippen LogP contribution in [0.25, 0.3) is 0 Å². The smallest absolute Gasteiger partial charge is 0.170 e. The van der Waals surface area contributed by atoms with Crippen LogP contribution in [0.4, 0.5) is 0 Å². The van der Waals surface area contributed by atoms with Crippen molar-refractivity contribution in [2.45, 2.75) is 19.8 Å². The largest absolute Gasteiger partial charge is 0.285 e. The molecule has 2 rings (SSSR count). The topological polar surface area (TPSA) is 48.5 Å². The van der Waals surface area contributed by atoms with Crippen molar-refractivity contribution in [3.8, 4) is 0 Å². The Bertz CT molecular complexity index is 357. The van der Waals surface area contributed by atoms with Gasteiger partial charge in [-0.3, -0.25) is 5.43 Å². The predicted molar refractivity (Wildman–Crippen MR) is 56.5 cm³/mol. The van der Waals surface area contributed by atoms with Gasteiger partial charge in [-0.15, -0.1) is 10.6 Å². The number of hydrazone groups is 1. The van der Waals surface area contributed by atoms with E-state index in [2.05, 4.69) is 47.6 Å². The van der Waals surface area contributed by atoms with Gasteiger partial charge in [-0.05, 0) is 17.5 Å². The van der Waals surface area contributed by atoms with Crippen LogP contribution in [0.1, 0.15) is 30.9 Å². The van der Waals surface area contributed by atoms with Crippen molar-refractivity contribution in [1.82, 2.24) is 16.5 Å². The quantitative estimate of drug-likeness (QED) is 0.654. The molecule has 3 N–H and O–H groups in total. The number of hydrogen-bond donors (Lipinski definition) is 3. The Kier molecular flexibility index (Phi) is 2.37. The normalized spacial score (nSPS) is 14.9. The van der Waals surface area contributed by atoms with Crippen LogP contribution in [-0.2, 0) is 0 Å². The first-order valence-electron chi connectivity index (χ1n) is 4.71. The Morgan fingerprint density at radius 2 is 2.14 bits per heavy atom. The van der Waals surface area contributed by atoms with Crippen LogP contribution in [0.15, 0.2) is 29.4 Å². The van der Waals surface area contributed by atoms with Crippen molar-refractivity contribution in [3.63, 3.8) is 0 Å². The molecule has 0 radical (unpaired) electrons. The highest BCUT2D eigenvalue weighted by molar-refractivity contribution is 5.99. The molecule has 0 aromatic heterocycles. The van der Waals surface area contributed by atoms with Gasteiger partial charge >= 0.3 is 0 Å². The molecule has 1 heterocycles. The summed E-state index contributed by atoms with van der Waals surface area (Å²) in [6, 6.07) is 8.36. The van der Waals surface area contributed by atoms with Crippen LogP contribution in [0.5, 0.6) is 0 Å². The highest BCUT2D eigenvalue weighted by Crippen LogP contribution is 2.15. The molecule has 4 nitrogen and oxygen atoms in total. The van der Waals surface area contributed by atoms with Crippen molar-refractivity contribution in [1.29, 1.82) is 0 Å². The molecule has 4 heteroatoms. The molecule has 1 aromatic rings. The van der Waals surface area contributed by atoms with Crippen molar-refractivity contribution in [2.24, 2.45) is 5.10 Å². The molecule has 0 saturated heterocycles. The molecule has 0 atom stereocenters. The van der Waals surface area contributed by atoms with Gasteiger partial charge in [0.2, 0.25) is 0 Å². The zero-order chi connectivity index (χ0) is 9.97. The van der Waals surface area contributed by atoms with E-state index >= 15 is 0 Å². The second-order valence-electron chi connectivity index (χ2n) is 3.60. The van der Waals surface area contributed by atoms with E-state index in [1.807, 2.05) is 12.1 Å². The first-order valence-corrected chi connectivity index (χ1v) is 4.71. The van der Waals surface area contributed by atoms with Crippen molar-refractivity contribution < 1.29 is 0 Å². The summed E-state index contributed by atoms with van der Waals surface area (Å²) in [4.78, 5) is 0. The van der Waals surface area contributed by atoms with E-state index in [1.54, 1.807) is 0 Å². The van der Waals surface area contributed by atoms with E-state index in [0.29, 0.717) is 5.92 Å². The molecule has 14 heavy (non-hydrogen) atoms. The molecule has 0 aliphatic carbocycles. The van der Waals surface area contributed by atoms with E-state index in [-0.39, 0.29) is 0 Å². The first-order chi connectivity index (χ1) is 6.77. The fourth-order valence-corrected chi connectivity index (χ4v) is 1.38. The number of rotatable bonds is 2. The van der Waals surface area contributed by atoms with E-state index in [4.69, 9.17) is 0 Å². The molecule has 74 valence electrons. The maximum Gasteiger partial charge on any atom is 0.170 e. The van der Waals surface area contributed by atoms with Crippen LogP contribution in [0.3, 0.4) is 0 Å². The molecule has 0 fully saturated rings. The second kappa shape index (κ2) is 3.67.